The summed E-state index contributed by atoms with van der Waals surface area (Å²) in [5, 5.41) is 1.07. The average Bonchev–Trinajstić information content (AvgIpc) is 2.78. The van der Waals surface area contributed by atoms with Crippen molar-refractivity contribution in [1.29, 1.82) is 0 Å². The van der Waals surface area contributed by atoms with Gasteiger partial charge in [0.25, 0.3) is 0 Å². The van der Waals surface area contributed by atoms with E-state index in [0.717, 1.165) is 30.3 Å². The molecule has 0 saturated carbocycles. The zero-order valence-electron chi connectivity index (χ0n) is 10.7. The summed E-state index contributed by atoms with van der Waals surface area (Å²) < 4.78 is 4.42. The van der Waals surface area contributed by atoms with E-state index in [9.17, 15) is 0 Å². The van der Waals surface area contributed by atoms with E-state index in [4.69, 9.17) is 5.73 Å². The number of nitrogens with two attached hydrogens (primary N) is 1. The van der Waals surface area contributed by atoms with E-state index in [1.165, 1.54) is 30.8 Å². The van der Waals surface area contributed by atoms with Crippen LogP contribution in [0.25, 0.3) is 0 Å². The number of aromatic nitrogens is 2. The predicted molar refractivity (Wildman–Crippen MR) is 72.5 cm³/mol. The fourth-order valence-corrected chi connectivity index (χ4v) is 3.22. The number of hydrogen-bond acceptors (Lipinski definition) is 5. The Morgan fingerprint density at radius 3 is 3.06 bits per heavy atom. The van der Waals surface area contributed by atoms with Gasteiger partial charge in [-0.25, -0.2) is 4.98 Å². The molecule has 1 aromatic heterocycles. The van der Waals surface area contributed by atoms with E-state index in [1.54, 1.807) is 0 Å². The highest BCUT2D eigenvalue weighted by Crippen LogP contribution is 2.27. The maximum atomic E-state index is 6.08. The molecule has 5 heteroatoms. The molecule has 2 atom stereocenters. The molecule has 1 fully saturated rings. The molecule has 0 bridgehead atoms. The Balaban J connectivity index is 2.11. The van der Waals surface area contributed by atoms with Gasteiger partial charge in [-0.3, -0.25) is 0 Å². The monoisotopic (exact) mass is 254 g/mol. The Morgan fingerprint density at radius 2 is 2.35 bits per heavy atom. The molecule has 17 heavy (non-hydrogen) atoms. The Hall–Kier alpha value is -0.680. The molecule has 2 N–H and O–H groups in total. The van der Waals surface area contributed by atoms with E-state index in [1.807, 2.05) is 0 Å². The quantitative estimate of drug-likeness (QED) is 0.895. The van der Waals surface area contributed by atoms with Crippen molar-refractivity contribution in [3.05, 3.63) is 5.82 Å². The molecular formula is C12H22N4S. The van der Waals surface area contributed by atoms with Crippen LogP contribution in [-0.2, 0) is 6.42 Å². The van der Waals surface area contributed by atoms with Crippen LogP contribution in [0.4, 0.5) is 5.13 Å². The van der Waals surface area contributed by atoms with Gasteiger partial charge in [0, 0.05) is 36.6 Å². The number of nitrogens with zero attached hydrogens (tertiary/aromatic N) is 3. The molecule has 0 amide bonds. The highest BCUT2D eigenvalue weighted by molar-refractivity contribution is 7.09. The summed E-state index contributed by atoms with van der Waals surface area (Å²) in [6.07, 6.45) is 5.79. The minimum absolute atomic E-state index is 0.203. The molecule has 4 nitrogen and oxygen atoms in total. The second-order valence-electron chi connectivity index (χ2n) is 4.86. The third-order valence-corrected chi connectivity index (χ3v) is 4.12. The third-order valence-electron chi connectivity index (χ3n) is 3.33. The standard InChI is InChI=1S/C12H22N4S/c1-3-6-11-14-12(17-15-11)16-8-5-4-7-10(16)9(2)13/h9-10H,3-8,13H2,1-2H3. The summed E-state index contributed by atoms with van der Waals surface area (Å²) in [4.78, 5) is 7.00. The summed E-state index contributed by atoms with van der Waals surface area (Å²) in [7, 11) is 0. The first kappa shape index (κ1) is 12.8. The third kappa shape index (κ3) is 2.96. The zero-order chi connectivity index (χ0) is 12.3. The molecule has 0 aliphatic carbocycles. The van der Waals surface area contributed by atoms with Crippen molar-refractivity contribution in [2.75, 3.05) is 11.4 Å². The van der Waals surface area contributed by atoms with Gasteiger partial charge < -0.3 is 10.6 Å². The first-order valence-corrected chi connectivity index (χ1v) is 7.34. The van der Waals surface area contributed by atoms with Crippen molar-refractivity contribution in [2.24, 2.45) is 5.73 Å². The second kappa shape index (κ2) is 5.78. The molecule has 2 unspecified atom stereocenters. The topological polar surface area (TPSA) is 55.0 Å². The average molecular weight is 254 g/mol. The first-order chi connectivity index (χ1) is 8.22. The lowest BCUT2D eigenvalue weighted by molar-refractivity contribution is 0.413. The van der Waals surface area contributed by atoms with Gasteiger partial charge in [-0.1, -0.05) is 6.92 Å². The number of hydrogen-bond donors (Lipinski definition) is 1. The van der Waals surface area contributed by atoms with Gasteiger partial charge in [-0.05, 0) is 32.6 Å². The molecule has 1 saturated heterocycles. The smallest absolute Gasteiger partial charge is 0.205 e. The largest absolute Gasteiger partial charge is 0.342 e. The maximum Gasteiger partial charge on any atom is 0.205 e. The van der Waals surface area contributed by atoms with Crippen LogP contribution >= 0.6 is 11.5 Å². The van der Waals surface area contributed by atoms with Gasteiger partial charge in [0.05, 0.1) is 0 Å². The molecule has 0 radical (unpaired) electrons. The van der Waals surface area contributed by atoms with Crippen molar-refractivity contribution >= 4 is 16.7 Å². The van der Waals surface area contributed by atoms with Gasteiger partial charge >= 0.3 is 0 Å². The normalized spacial score (nSPS) is 22.8. The lowest BCUT2D eigenvalue weighted by atomic mass is 9.98. The summed E-state index contributed by atoms with van der Waals surface area (Å²) >= 11 is 1.53. The number of piperidine rings is 1. The predicted octanol–water partition coefficient (Wildman–Crippen LogP) is 2.20. The van der Waals surface area contributed by atoms with Crippen molar-refractivity contribution in [3.63, 3.8) is 0 Å². The molecule has 2 rings (SSSR count). The molecule has 1 aliphatic rings. The molecule has 2 heterocycles. The van der Waals surface area contributed by atoms with Crippen molar-refractivity contribution in [2.45, 2.75) is 58.0 Å². The van der Waals surface area contributed by atoms with Crippen LogP contribution < -0.4 is 10.6 Å². The Kier molecular flexibility index (Phi) is 4.34. The van der Waals surface area contributed by atoms with Crippen LogP contribution in [0, 0.1) is 0 Å². The molecule has 0 spiro atoms. The maximum absolute atomic E-state index is 6.08. The van der Waals surface area contributed by atoms with Crippen LogP contribution in [0.3, 0.4) is 0 Å². The van der Waals surface area contributed by atoms with E-state index in [2.05, 4.69) is 28.1 Å². The zero-order valence-corrected chi connectivity index (χ0v) is 11.5. The summed E-state index contributed by atoms with van der Waals surface area (Å²) in [5.41, 5.74) is 6.08. The van der Waals surface area contributed by atoms with Crippen LogP contribution in [0.2, 0.25) is 0 Å². The number of aryl methyl sites for hydroxylation is 1. The first-order valence-electron chi connectivity index (χ1n) is 6.57. The van der Waals surface area contributed by atoms with Crippen molar-refractivity contribution < 1.29 is 0 Å². The Morgan fingerprint density at radius 1 is 1.53 bits per heavy atom. The van der Waals surface area contributed by atoms with E-state index < -0.39 is 0 Å². The van der Waals surface area contributed by atoms with Crippen LogP contribution in [0.1, 0.15) is 45.4 Å². The summed E-state index contributed by atoms with van der Waals surface area (Å²) in [6.45, 7) is 5.33. The van der Waals surface area contributed by atoms with Crippen molar-refractivity contribution in [3.8, 4) is 0 Å². The highest BCUT2D eigenvalue weighted by Gasteiger charge is 2.27. The van der Waals surface area contributed by atoms with E-state index in [-0.39, 0.29) is 6.04 Å². The fraction of sp³-hybridized carbons (Fsp3) is 0.833. The van der Waals surface area contributed by atoms with Gasteiger partial charge in [-0.15, -0.1) is 0 Å². The van der Waals surface area contributed by atoms with E-state index >= 15 is 0 Å². The SMILES string of the molecule is CCCc1nsc(N2CCCCC2C(C)N)n1. The molecule has 0 aromatic carbocycles. The van der Waals surface area contributed by atoms with Crippen LogP contribution in [0.15, 0.2) is 0 Å². The molecule has 1 aromatic rings. The molecule has 1 aliphatic heterocycles. The summed E-state index contributed by atoms with van der Waals surface area (Å²) in [5.74, 6) is 0.987. The molecule has 96 valence electrons. The fourth-order valence-electron chi connectivity index (χ4n) is 2.43. The van der Waals surface area contributed by atoms with Gasteiger partial charge in [0.15, 0.2) is 0 Å². The Labute approximate surface area is 107 Å². The van der Waals surface area contributed by atoms with Crippen LogP contribution in [0.5, 0.6) is 0 Å². The minimum Gasteiger partial charge on any atom is -0.342 e. The second-order valence-corrected chi connectivity index (χ2v) is 5.59. The summed E-state index contributed by atoms with van der Waals surface area (Å²) in [6, 6.07) is 0.639. The lowest BCUT2D eigenvalue weighted by Gasteiger charge is -2.37. The lowest BCUT2D eigenvalue weighted by Crippen LogP contribution is -2.49. The van der Waals surface area contributed by atoms with Crippen LogP contribution in [-0.4, -0.2) is 28.0 Å². The number of rotatable bonds is 4. The molecular weight excluding hydrogens is 232 g/mol. The number of anilines is 1. The Bertz CT molecular complexity index is 350. The minimum atomic E-state index is 0.203. The van der Waals surface area contributed by atoms with Gasteiger partial charge in [-0.2, -0.15) is 4.37 Å². The van der Waals surface area contributed by atoms with Gasteiger partial charge in [0.1, 0.15) is 5.82 Å². The highest BCUT2D eigenvalue weighted by atomic mass is 32.1. The van der Waals surface area contributed by atoms with E-state index in [0.29, 0.717) is 6.04 Å². The van der Waals surface area contributed by atoms with Gasteiger partial charge in [0.2, 0.25) is 5.13 Å². The van der Waals surface area contributed by atoms with Crippen molar-refractivity contribution in [1.82, 2.24) is 9.36 Å².